The lowest BCUT2D eigenvalue weighted by Gasteiger charge is -2.28. The predicted molar refractivity (Wildman–Crippen MR) is 50.9 cm³/mol. The molecule has 0 fully saturated rings. The van der Waals surface area contributed by atoms with Crippen LogP contribution in [0, 0.1) is 0 Å². The molecule has 0 bridgehead atoms. The fraction of sp³-hybridized carbons (Fsp3) is 0.889. The number of methoxy groups -OCH3 is 2. The monoisotopic (exact) mass is 225 g/mol. The predicted octanol–water partition coefficient (Wildman–Crippen LogP) is 0.761. The number of rotatable bonds is 7. The molecule has 1 amide bonds. The Labute approximate surface area is 88.1 Å². The lowest BCUT2D eigenvalue weighted by molar-refractivity contribution is -0.146. The molecule has 0 aliphatic heterocycles. The van der Waals surface area contributed by atoms with E-state index in [9.17, 15) is 13.6 Å². The lowest BCUT2D eigenvalue weighted by atomic mass is 10.3. The summed E-state index contributed by atoms with van der Waals surface area (Å²) < 4.78 is 34.0. The summed E-state index contributed by atoms with van der Waals surface area (Å²) in [6, 6.07) is -0.383. The maximum Gasteiger partial charge on any atom is 0.315 e. The first-order valence-electron chi connectivity index (χ1n) is 4.61. The number of amides is 1. The number of hydrogen-bond acceptors (Lipinski definition) is 3. The van der Waals surface area contributed by atoms with Crippen LogP contribution in [0.15, 0.2) is 0 Å². The number of hydrogen-bond donors (Lipinski definition) is 0. The molecule has 0 heterocycles. The highest BCUT2D eigenvalue weighted by Gasteiger charge is 2.26. The lowest BCUT2D eigenvalue weighted by Crippen LogP contribution is -2.45. The van der Waals surface area contributed by atoms with Crippen molar-refractivity contribution in [1.29, 1.82) is 0 Å². The van der Waals surface area contributed by atoms with Crippen LogP contribution in [0.25, 0.3) is 0 Å². The van der Waals surface area contributed by atoms with Crippen molar-refractivity contribution in [2.75, 3.05) is 34.0 Å². The Bertz CT molecular complexity index is 190. The van der Waals surface area contributed by atoms with Crippen molar-refractivity contribution in [3.8, 4) is 0 Å². The van der Waals surface area contributed by atoms with E-state index >= 15 is 0 Å². The smallest absolute Gasteiger partial charge is 0.315 e. The molecule has 90 valence electrons. The summed E-state index contributed by atoms with van der Waals surface area (Å²) in [5, 5.41) is 0. The van der Waals surface area contributed by atoms with Crippen LogP contribution in [0.4, 0.5) is 8.78 Å². The van der Waals surface area contributed by atoms with Gasteiger partial charge in [0.1, 0.15) is 0 Å². The minimum Gasteiger partial charge on any atom is -0.383 e. The summed E-state index contributed by atoms with van der Waals surface area (Å²) in [4.78, 5) is 12.2. The minimum atomic E-state index is -2.99. The van der Waals surface area contributed by atoms with Gasteiger partial charge in [0.05, 0.1) is 19.3 Å². The third-order valence-electron chi connectivity index (χ3n) is 1.95. The Morgan fingerprint density at radius 2 is 1.93 bits per heavy atom. The van der Waals surface area contributed by atoms with Gasteiger partial charge in [-0.15, -0.1) is 0 Å². The highest BCUT2D eigenvalue weighted by Crippen LogP contribution is 2.06. The number of halogens is 2. The molecule has 0 saturated heterocycles. The third-order valence-corrected chi connectivity index (χ3v) is 1.95. The van der Waals surface area contributed by atoms with Gasteiger partial charge in [0, 0.05) is 20.8 Å². The summed E-state index contributed by atoms with van der Waals surface area (Å²) >= 11 is 0. The topological polar surface area (TPSA) is 38.8 Å². The van der Waals surface area contributed by atoms with Gasteiger partial charge < -0.3 is 14.4 Å². The van der Waals surface area contributed by atoms with Crippen LogP contribution < -0.4 is 0 Å². The Balaban J connectivity index is 4.35. The zero-order chi connectivity index (χ0) is 11.8. The van der Waals surface area contributed by atoms with Gasteiger partial charge >= 0.3 is 6.43 Å². The maximum absolute atomic E-state index is 12.2. The second-order valence-corrected chi connectivity index (χ2v) is 3.13. The second-order valence-electron chi connectivity index (χ2n) is 3.13. The zero-order valence-corrected chi connectivity index (χ0v) is 9.20. The fourth-order valence-electron chi connectivity index (χ4n) is 1.19. The first-order valence-corrected chi connectivity index (χ1v) is 4.61. The van der Waals surface area contributed by atoms with Gasteiger partial charge in [0.2, 0.25) is 0 Å². The zero-order valence-electron chi connectivity index (χ0n) is 9.20. The highest BCUT2D eigenvalue weighted by atomic mass is 19.3. The minimum absolute atomic E-state index is 0.143. The molecule has 6 heteroatoms. The largest absolute Gasteiger partial charge is 0.383 e. The van der Waals surface area contributed by atoms with Gasteiger partial charge in [0.15, 0.2) is 0 Å². The molecular weight excluding hydrogens is 208 g/mol. The summed E-state index contributed by atoms with van der Waals surface area (Å²) in [6.45, 7) is 2.25. The van der Waals surface area contributed by atoms with Crippen molar-refractivity contribution < 1.29 is 23.0 Å². The quantitative estimate of drug-likeness (QED) is 0.642. The van der Waals surface area contributed by atoms with E-state index in [4.69, 9.17) is 9.47 Å². The van der Waals surface area contributed by atoms with Crippen molar-refractivity contribution in [3.63, 3.8) is 0 Å². The van der Waals surface area contributed by atoms with Crippen molar-refractivity contribution >= 4 is 5.91 Å². The third kappa shape index (κ3) is 5.03. The Kier molecular flexibility index (Phi) is 7.15. The molecule has 0 aliphatic carbocycles. The summed E-state index contributed by atoms with van der Waals surface area (Å²) in [5.41, 5.74) is 0. The molecule has 0 aromatic carbocycles. The standard InChI is InChI=1S/C9H17F2NO3/c1-7(6-15-3)12(4-5-14-2)9(13)8(10)11/h7-8H,4-6H2,1-3H3. The molecule has 4 nitrogen and oxygen atoms in total. The average Bonchev–Trinajstić information content (AvgIpc) is 2.18. The van der Waals surface area contributed by atoms with Crippen LogP contribution >= 0.6 is 0 Å². The van der Waals surface area contributed by atoms with E-state index in [-0.39, 0.29) is 25.8 Å². The molecular formula is C9H17F2NO3. The van der Waals surface area contributed by atoms with Gasteiger partial charge in [-0.05, 0) is 6.92 Å². The maximum atomic E-state index is 12.2. The number of ether oxygens (including phenoxy) is 2. The van der Waals surface area contributed by atoms with E-state index in [0.717, 1.165) is 4.90 Å². The molecule has 0 radical (unpaired) electrons. The Morgan fingerprint density at radius 3 is 2.33 bits per heavy atom. The molecule has 0 aromatic heterocycles. The van der Waals surface area contributed by atoms with Gasteiger partial charge in [0.25, 0.3) is 5.91 Å². The number of carbonyl (C=O) groups is 1. The van der Waals surface area contributed by atoms with E-state index in [2.05, 4.69) is 0 Å². The molecule has 0 rings (SSSR count). The summed E-state index contributed by atoms with van der Waals surface area (Å²) in [5.74, 6) is -1.18. The van der Waals surface area contributed by atoms with Gasteiger partial charge in [-0.1, -0.05) is 0 Å². The first-order chi connectivity index (χ1) is 7.04. The van der Waals surface area contributed by atoms with Crippen LogP contribution in [0.2, 0.25) is 0 Å². The molecule has 15 heavy (non-hydrogen) atoms. The fourth-order valence-corrected chi connectivity index (χ4v) is 1.19. The summed E-state index contributed by atoms with van der Waals surface area (Å²) in [6.07, 6.45) is -2.99. The van der Waals surface area contributed by atoms with E-state index in [1.807, 2.05) is 0 Å². The number of nitrogens with zero attached hydrogens (tertiary/aromatic N) is 1. The van der Waals surface area contributed by atoms with Crippen LogP contribution in [-0.2, 0) is 14.3 Å². The van der Waals surface area contributed by atoms with Crippen molar-refractivity contribution in [2.24, 2.45) is 0 Å². The molecule has 0 aliphatic rings. The molecule has 0 N–H and O–H groups in total. The SMILES string of the molecule is COCCN(C(=O)C(F)F)C(C)COC. The van der Waals surface area contributed by atoms with Crippen molar-refractivity contribution in [1.82, 2.24) is 4.90 Å². The highest BCUT2D eigenvalue weighted by molar-refractivity contribution is 5.79. The summed E-state index contributed by atoms with van der Waals surface area (Å²) in [7, 11) is 2.91. The van der Waals surface area contributed by atoms with Crippen LogP contribution in [0.3, 0.4) is 0 Å². The molecule has 0 spiro atoms. The normalized spacial score (nSPS) is 12.9. The van der Waals surface area contributed by atoms with Crippen LogP contribution in [0.5, 0.6) is 0 Å². The molecule has 0 saturated carbocycles. The van der Waals surface area contributed by atoms with E-state index in [1.165, 1.54) is 14.2 Å². The van der Waals surface area contributed by atoms with Gasteiger partial charge in [-0.25, -0.2) is 0 Å². The Hall–Kier alpha value is -0.750. The second kappa shape index (κ2) is 7.53. The number of carbonyl (C=O) groups excluding carboxylic acids is 1. The average molecular weight is 225 g/mol. The Morgan fingerprint density at radius 1 is 1.33 bits per heavy atom. The van der Waals surface area contributed by atoms with Crippen molar-refractivity contribution in [2.45, 2.75) is 19.4 Å². The van der Waals surface area contributed by atoms with E-state index < -0.39 is 12.3 Å². The van der Waals surface area contributed by atoms with E-state index in [1.54, 1.807) is 6.92 Å². The molecule has 1 atom stereocenters. The molecule has 1 unspecified atom stereocenters. The van der Waals surface area contributed by atoms with Gasteiger partial charge in [-0.3, -0.25) is 4.79 Å². The van der Waals surface area contributed by atoms with Crippen LogP contribution in [0.1, 0.15) is 6.92 Å². The van der Waals surface area contributed by atoms with Gasteiger partial charge in [-0.2, -0.15) is 8.78 Å². The first kappa shape index (κ1) is 14.2. The molecule has 0 aromatic rings. The van der Waals surface area contributed by atoms with E-state index in [0.29, 0.717) is 0 Å². The van der Waals surface area contributed by atoms with Crippen molar-refractivity contribution in [3.05, 3.63) is 0 Å². The number of alkyl halides is 2. The van der Waals surface area contributed by atoms with Crippen LogP contribution in [-0.4, -0.2) is 57.3 Å².